The van der Waals surface area contributed by atoms with Gasteiger partial charge >= 0.3 is 6.03 Å². The number of amides is 4. The Hall–Kier alpha value is -3.78. The molecule has 2 aliphatic heterocycles. The Kier molecular flexibility index (Phi) is 5.48. The Morgan fingerprint density at radius 3 is 2.53 bits per heavy atom. The first-order valence-corrected chi connectivity index (χ1v) is 13.0. The molecule has 3 heterocycles. The number of hydrogen-bond acceptors (Lipinski definition) is 5. The molecule has 182 valence electrons. The maximum atomic E-state index is 13.4. The first-order valence-electron chi connectivity index (χ1n) is 12.2. The van der Waals surface area contributed by atoms with E-state index < -0.39 is 17.5 Å². The molecule has 1 aromatic heterocycles. The molecule has 2 aliphatic rings. The van der Waals surface area contributed by atoms with E-state index in [9.17, 15) is 14.4 Å². The van der Waals surface area contributed by atoms with Crippen molar-refractivity contribution in [3.8, 4) is 0 Å². The van der Waals surface area contributed by atoms with Crippen LogP contribution in [0.3, 0.4) is 0 Å². The first-order chi connectivity index (χ1) is 17.4. The van der Waals surface area contributed by atoms with Gasteiger partial charge in [-0.25, -0.2) is 9.78 Å². The zero-order valence-corrected chi connectivity index (χ0v) is 20.8. The van der Waals surface area contributed by atoms with Crippen molar-refractivity contribution in [1.29, 1.82) is 0 Å². The van der Waals surface area contributed by atoms with E-state index in [0.29, 0.717) is 24.6 Å². The monoisotopic (exact) mass is 498 g/mol. The number of piperidine rings is 1. The van der Waals surface area contributed by atoms with Gasteiger partial charge in [0, 0.05) is 19.0 Å². The number of nitrogens with zero attached hydrogens (tertiary/aromatic N) is 3. The lowest BCUT2D eigenvalue weighted by molar-refractivity contribution is -0.139. The lowest BCUT2D eigenvalue weighted by Crippen LogP contribution is -2.46. The van der Waals surface area contributed by atoms with Gasteiger partial charge in [0.15, 0.2) is 0 Å². The molecule has 2 fully saturated rings. The highest BCUT2D eigenvalue weighted by molar-refractivity contribution is 7.18. The lowest BCUT2D eigenvalue weighted by Gasteiger charge is -2.32. The van der Waals surface area contributed by atoms with Crippen LogP contribution in [0.1, 0.15) is 36.3 Å². The van der Waals surface area contributed by atoms with Crippen molar-refractivity contribution in [3.05, 3.63) is 77.3 Å². The molecular formula is C28H26N4O3S. The number of benzene rings is 3. The standard InChI is InChI=1S/C28H26N4O3S/c1-28(21-11-10-18-6-2-3-7-20(18)16-21)26(34)32(27(35)30-28)17-24(33)31-14-12-19(13-15-31)25-29-22-8-4-5-9-23(22)36-25/h2-11,16,19H,12-15,17H2,1H3,(H,30,35)/t28-/m0/s1. The third kappa shape index (κ3) is 3.82. The number of urea groups is 1. The summed E-state index contributed by atoms with van der Waals surface area (Å²) in [5, 5.41) is 5.98. The van der Waals surface area contributed by atoms with Gasteiger partial charge in [0.2, 0.25) is 5.91 Å². The van der Waals surface area contributed by atoms with Crippen LogP contribution in [0, 0.1) is 0 Å². The number of fused-ring (bicyclic) bond motifs is 2. The molecular weight excluding hydrogens is 472 g/mol. The summed E-state index contributed by atoms with van der Waals surface area (Å²) in [7, 11) is 0. The normalized spacial score (nSPS) is 20.9. The van der Waals surface area contributed by atoms with Gasteiger partial charge in [-0.05, 0) is 54.3 Å². The number of aromatic nitrogens is 1. The number of nitrogens with one attached hydrogen (secondary N) is 1. The number of hydrogen-bond donors (Lipinski definition) is 1. The van der Waals surface area contributed by atoms with Crippen LogP contribution in [-0.2, 0) is 15.1 Å². The lowest BCUT2D eigenvalue weighted by atomic mass is 9.90. The van der Waals surface area contributed by atoms with Gasteiger partial charge in [0.25, 0.3) is 5.91 Å². The minimum atomic E-state index is -1.21. The molecule has 4 aromatic rings. The quantitative estimate of drug-likeness (QED) is 0.416. The number of carbonyl (C=O) groups is 3. The zero-order chi connectivity index (χ0) is 24.9. The molecule has 0 bridgehead atoms. The Bertz CT molecular complexity index is 1470. The summed E-state index contributed by atoms with van der Waals surface area (Å²) >= 11 is 1.72. The van der Waals surface area contributed by atoms with E-state index in [1.807, 2.05) is 60.7 Å². The van der Waals surface area contributed by atoms with Crippen molar-refractivity contribution in [2.24, 2.45) is 0 Å². The number of rotatable bonds is 4. The van der Waals surface area contributed by atoms with Crippen molar-refractivity contribution in [2.75, 3.05) is 19.6 Å². The van der Waals surface area contributed by atoms with Gasteiger partial charge in [-0.2, -0.15) is 0 Å². The van der Waals surface area contributed by atoms with Crippen LogP contribution in [0.25, 0.3) is 21.0 Å². The molecule has 0 unspecified atom stereocenters. The Labute approximate surface area is 212 Å². The van der Waals surface area contributed by atoms with Crippen molar-refractivity contribution in [2.45, 2.75) is 31.2 Å². The minimum Gasteiger partial charge on any atom is -0.341 e. The maximum absolute atomic E-state index is 13.4. The third-order valence-corrected chi connectivity index (χ3v) is 8.60. The van der Waals surface area contributed by atoms with Gasteiger partial charge in [-0.15, -0.1) is 11.3 Å². The summed E-state index contributed by atoms with van der Waals surface area (Å²) in [4.78, 5) is 46.9. The molecule has 0 radical (unpaired) electrons. The second-order valence-electron chi connectivity index (χ2n) is 9.68. The number of para-hydroxylation sites is 1. The molecule has 0 saturated carbocycles. The highest BCUT2D eigenvalue weighted by Gasteiger charge is 2.49. The van der Waals surface area contributed by atoms with Crippen LogP contribution in [-0.4, -0.2) is 52.3 Å². The molecule has 1 atom stereocenters. The summed E-state index contributed by atoms with van der Waals surface area (Å²) < 4.78 is 1.18. The molecule has 0 aliphatic carbocycles. The average molecular weight is 499 g/mol. The van der Waals surface area contributed by atoms with E-state index in [1.165, 1.54) is 4.70 Å². The molecule has 2 saturated heterocycles. The molecule has 3 aromatic carbocycles. The van der Waals surface area contributed by atoms with E-state index in [4.69, 9.17) is 4.98 Å². The predicted molar refractivity (Wildman–Crippen MR) is 140 cm³/mol. The molecule has 1 N–H and O–H groups in total. The fourth-order valence-electron chi connectivity index (χ4n) is 5.21. The van der Waals surface area contributed by atoms with Crippen LogP contribution in [0.2, 0.25) is 0 Å². The van der Waals surface area contributed by atoms with E-state index in [2.05, 4.69) is 11.4 Å². The second-order valence-corrected chi connectivity index (χ2v) is 10.7. The van der Waals surface area contributed by atoms with E-state index in [1.54, 1.807) is 23.2 Å². The van der Waals surface area contributed by atoms with Crippen molar-refractivity contribution >= 4 is 50.2 Å². The first kappa shape index (κ1) is 22.7. The molecule has 7 nitrogen and oxygen atoms in total. The Morgan fingerprint density at radius 2 is 1.75 bits per heavy atom. The van der Waals surface area contributed by atoms with Gasteiger partial charge in [0.1, 0.15) is 12.1 Å². The number of carbonyl (C=O) groups excluding carboxylic acids is 3. The van der Waals surface area contributed by atoms with Crippen molar-refractivity contribution < 1.29 is 14.4 Å². The van der Waals surface area contributed by atoms with Crippen LogP contribution >= 0.6 is 11.3 Å². The molecule has 8 heteroatoms. The Morgan fingerprint density at radius 1 is 1.03 bits per heavy atom. The van der Waals surface area contributed by atoms with E-state index in [-0.39, 0.29) is 12.5 Å². The van der Waals surface area contributed by atoms with Gasteiger partial charge < -0.3 is 10.2 Å². The van der Waals surface area contributed by atoms with E-state index in [0.717, 1.165) is 39.0 Å². The minimum absolute atomic E-state index is 0.205. The largest absolute Gasteiger partial charge is 0.341 e. The molecule has 0 spiro atoms. The van der Waals surface area contributed by atoms with Crippen LogP contribution in [0.5, 0.6) is 0 Å². The van der Waals surface area contributed by atoms with Crippen molar-refractivity contribution in [3.63, 3.8) is 0 Å². The summed E-state index contributed by atoms with van der Waals surface area (Å²) in [5.74, 6) is -0.288. The maximum Gasteiger partial charge on any atom is 0.325 e. The SMILES string of the molecule is C[C@@]1(c2ccc3ccccc3c2)NC(=O)N(CC(=O)N2CCC(c3nc4ccccc4s3)CC2)C1=O. The van der Waals surface area contributed by atoms with Gasteiger partial charge in [-0.1, -0.05) is 48.5 Å². The molecule has 4 amide bonds. The average Bonchev–Trinajstić information content (AvgIpc) is 3.43. The smallest absolute Gasteiger partial charge is 0.325 e. The van der Waals surface area contributed by atoms with Crippen molar-refractivity contribution in [1.82, 2.24) is 20.1 Å². The fraction of sp³-hybridized carbons (Fsp3) is 0.286. The fourth-order valence-corrected chi connectivity index (χ4v) is 6.35. The topological polar surface area (TPSA) is 82.6 Å². The number of thiazole rings is 1. The Balaban J connectivity index is 1.12. The van der Waals surface area contributed by atoms with Crippen LogP contribution in [0.4, 0.5) is 4.79 Å². The number of imide groups is 1. The zero-order valence-electron chi connectivity index (χ0n) is 19.9. The highest BCUT2D eigenvalue weighted by atomic mass is 32.1. The summed E-state index contributed by atoms with van der Waals surface area (Å²) in [6, 6.07) is 21.2. The predicted octanol–water partition coefficient (Wildman–Crippen LogP) is 4.62. The van der Waals surface area contributed by atoms with Gasteiger partial charge in [0.05, 0.1) is 15.2 Å². The summed E-state index contributed by atoms with van der Waals surface area (Å²) in [6.45, 7) is 2.63. The third-order valence-electron chi connectivity index (χ3n) is 7.40. The second kappa shape index (κ2) is 8.71. The van der Waals surface area contributed by atoms with E-state index >= 15 is 0 Å². The summed E-state index contributed by atoms with van der Waals surface area (Å²) in [6.07, 6.45) is 1.64. The molecule has 6 rings (SSSR count). The summed E-state index contributed by atoms with van der Waals surface area (Å²) in [5.41, 5.74) is 0.511. The van der Waals surface area contributed by atoms with Crippen LogP contribution in [0.15, 0.2) is 66.7 Å². The van der Waals surface area contributed by atoms with Gasteiger partial charge in [-0.3, -0.25) is 14.5 Å². The molecule has 36 heavy (non-hydrogen) atoms. The van der Waals surface area contributed by atoms with Crippen LogP contribution < -0.4 is 5.32 Å². The number of likely N-dealkylation sites (tertiary alicyclic amines) is 1. The highest BCUT2D eigenvalue weighted by Crippen LogP contribution is 2.34.